The maximum absolute atomic E-state index is 12.2. The van der Waals surface area contributed by atoms with Crippen LogP contribution in [0.1, 0.15) is 78.1 Å². The summed E-state index contributed by atoms with van der Waals surface area (Å²) < 4.78 is 49.0. The van der Waals surface area contributed by atoms with E-state index in [-0.39, 0.29) is 19.8 Å². The van der Waals surface area contributed by atoms with Crippen LogP contribution in [-0.4, -0.2) is 70.8 Å². The third-order valence-electron chi connectivity index (χ3n) is 5.03. The number of ether oxygens (including phenoxy) is 1. The molecular formula is C20H42O11P2. The molecule has 0 amide bonds. The van der Waals surface area contributed by atoms with Crippen LogP contribution in [0.5, 0.6) is 0 Å². The largest absolute Gasteiger partial charge is 0.472 e. The predicted octanol–water partition coefficient (Wildman–Crippen LogP) is 3.68. The molecule has 1 aliphatic heterocycles. The minimum atomic E-state index is -4.46. The topological polar surface area (TPSA) is 161 Å². The average Bonchev–Trinajstić information content (AvgIpc) is 3.05. The third kappa shape index (κ3) is 15.0. The summed E-state index contributed by atoms with van der Waals surface area (Å²) in [5.41, 5.74) is 0. The van der Waals surface area contributed by atoms with E-state index in [1.807, 2.05) is 0 Å². The lowest BCUT2D eigenvalue weighted by Gasteiger charge is -2.24. The lowest BCUT2D eigenvalue weighted by Crippen LogP contribution is -2.35. The summed E-state index contributed by atoms with van der Waals surface area (Å²) in [4.78, 5) is 19.6. The first-order valence-corrected chi connectivity index (χ1v) is 14.8. The third-order valence-corrected chi connectivity index (χ3v) is 7.22. The second kappa shape index (κ2) is 16.7. The van der Waals surface area contributed by atoms with Gasteiger partial charge < -0.3 is 24.7 Å². The Morgan fingerprint density at radius 3 is 1.97 bits per heavy atom. The van der Waals surface area contributed by atoms with Gasteiger partial charge >= 0.3 is 15.6 Å². The monoisotopic (exact) mass is 520 g/mol. The highest BCUT2D eigenvalue weighted by atomic mass is 31.2. The van der Waals surface area contributed by atoms with Gasteiger partial charge in [-0.1, -0.05) is 51.4 Å². The molecule has 198 valence electrons. The van der Waals surface area contributed by atoms with Crippen molar-refractivity contribution in [2.75, 3.05) is 26.4 Å². The van der Waals surface area contributed by atoms with Crippen molar-refractivity contribution in [2.24, 2.45) is 0 Å². The molecule has 1 heterocycles. The van der Waals surface area contributed by atoms with Gasteiger partial charge in [0.2, 0.25) is 0 Å². The Morgan fingerprint density at radius 2 is 1.42 bits per heavy atom. The van der Waals surface area contributed by atoms with Crippen LogP contribution in [0, 0.1) is 0 Å². The molecule has 33 heavy (non-hydrogen) atoms. The summed E-state index contributed by atoms with van der Waals surface area (Å²) in [5.74, 6) is 0. The van der Waals surface area contributed by atoms with Gasteiger partial charge in [0, 0.05) is 6.61 Å². The van der Waals surface area contributed by atoms with Crippen molar-refractivity contribution in [3.05, 3.63) is 0 Å². The predicted molar refractivity (Wildman–Crippen MR) is 122 cm³/mol. The van der Waals surface area contributed by atoms with Gasteiger partial charge in [-0.3, -0.25) is 18.1 Å². The number of aliphatic hydroxyl groups is 2. The van der Waals surface area contributed by atoms with Crippen LogP contribution < -0.4 is 0 Å². The molecule has 0 aliphatic carbocycles. The summed E-state index contributed by atoms with van der Waals surface area (Å²) >= 11 is 0. The minimum Gasteiger partial charge on any atom is -0.396 e. The van der Waals surface area contributed by atoms with E-state index in [4.69, 9.17) is 27.9 Å². The van der Waals surface area contributed by atoms with Crippen molar-refractivity contribution in [1.82, 2.24) is 0 Å². The second-order valence-corrected chi connectivity index (χ2v) is 11.3. The van der Waals surface area contributed by atoms with E-state index in [0.717, 1.165) is 44.9 Å². The highest BCUT2D eigenvalue weighted by molar-refractivity contribution is 7.47. The summed E-state index contributed by atoms with van der Waals surface area (Å²) in [6, 6.07) is 0. The van der Waals surface area contributed by atoms with E-state index in [1.54, 1.807) is 13.8 Å². The number of unbranched alkanes of at least 4 members (excludes halogenated alkanes) is 9. The fraction of sp³-hybridized carbons (Fsp3) is 1.00. The van der Waals surface area contributed by atoms with Gasteiger partial charge in [-0.2, -0.15) is 0 Å². The molecule has 1 saturated heterocycles. The Balaban J connectivity index is 2.23. The molecule has 1 fully saturated rings. The van der Waals surface area contributed by atoms with Crippen molar-refractivity contribution >= 4 is 15.6 Å². The molecule has 0 radical (unpaired) electrons. The van der Waals surface area contributed by atoms with E-state index < -0.39 is 46.7 Å². The Hall–Kier alpha value is 0.1000. The molecule has 0 saturated carbocycles. The zero-order valence-electron chi connectivity index (χ0n) is 19.7. The summed E-state index contributed by atoms with van der Waals surface area (Å²) in [6.45, 7) is 2.78. The molecule has 1 rings (SSSR count). The van der Waals surface area contributed by atoms with Crippen molar-refractivity contribution in [3.63, 3.8) is 0 Å². The molecule has 5 atom stereocenters. The number of aliphatic hydroxyl groups excluding tert-OH is 2. The van der Waals surface area contributed by atoms with Gasteiger partial charge in [0.25, 0.3) is 0 Å². The fourth-order valence-electron chi connectivity index (χ4n) is 3.40. The summed E-state index contributed by atoms with van der Waals surface area (Å²) in [6.07, 6.45) is 6.10. The maximum Gasteiger partial charge on any atom is 0.472 e. The normalized spacial score (nSPS) is 24.8. The molecule has 0 bridgehead atoms. The average molecular weight is 520 g/mol. The Bertz CT molecular complexity index is 605. The van der Waals surface area contributed by atoms with Gasteiger partial charge in [0.1, 0.15) is 18.3 Å². The quantitative estimate of drug-likeness (QED) is 0.137. The van der Waals surface area contributed by atoms with E-state index in [0.29, 0.717) is 6.42 Å². The highest BCUT2D eigenvalue weighted by Crippen LogP contribution is 2.48. The van der Waals surface area contributed by atoms with Crippen LogP contribution in [0.25, 0.3) is 0 Å². The molecule has 0 aromatic heterocycles. The van der Waals surface area contributed by atoms with Crippen LogP contribution in [0.4, 0.5) is 0 Å². The van der Waals surface area contributed by atoms with Crippen LogP contribution in [0.2, 0.25) is 0 Å². The van der Waals surface area contributed by atoms with Gasteiger partial charge in [0.05, 0.1) is 25.9 Å². The number of phosphoric ester groups is 2. The molecule has 0 spiro atoms. The molecule has 0 aromatic rings. The molecule has 2 unspecified atom stereocenters. The SMILES string of the molecule is CC(C)OP(=O)(O)OC[C@H]1OC[C@H](O)[C@@H]1OP(=O)(O)OCCCCCCCCCCCCO. The van der Waals surface area contributed by atoms with Crippen LogP contribution in [-0.2, 0) is 32.0 Å². The zero-order chi connectivity index (χ0) is 24.7. The molecular weight excluding hydrogens is 478 g/mol. The lowest BCUT2D eigenvalue weighted by molar-refractivity contribution is -0.0143. The highest BCUT2D eigenvalue weighted by Gasteiger charge is 2.43. The van der Waals surface area contributed by atoms with E-state index in [2.05, 4.69) is 0 Å². The number of hydrogen-bond acceptors (Lipinski definition) is 9. The van der Waals surface area contributed by atoms with Crippen molar-refractivity contribution in [1.29, 1.82) is 0 Å². The van der Waals surface area contributed by atoms with E-state index in [1.165, 1.54) is 12.8 Å². The van der Waals surface area contributed by atoms with Crippen molar-refractivity contribution in [2.45, 2.75) is 102 Å². The summed E-state index contributed by atoms with van der Waals surface area (Å²) in [5, 5.41) is 18.7. The molecule has 1 aliphatic rings. The Labute approximate surface area is 197 Å². The molecule has 13 heteroatoms. The van der Waals surface area contributed by atoms with Gasteiger partial charge in [-0.25, -0.2) is 9.13 Å². The standard InChI is InChI=1S/C20H42O11P2/c1-17(2)30-33(25,26)29-16-19-20(18(22)15-27-19)31-32(23,24)28-14-12-10-8-6-4-3-5-7-9-11-13-21/h17-22H,3-16H2,1-2H3,(H,23,24)(H,25,26)/t18-,19+,20-/m0/s1. The van der Waals surface area contributed by atoms with E-state index in [9.17, 15) is 24.0 Å². The number of hydrogen-bond donors (Lipinski definition) is 4. The molecule has 0 aromatic carbocycles. The fourth-order valence-corrected chi connectivity index (χ4v) is 5.33. The first-order valence-electron chi connectivity index (χ1n) is 11.8. The van der Waals surface area contributed by atoms with E-state index >= 15 is 0 Å². The minimum absolute atomic E-state index is 0.0356. The first-order chi connectivity index (χ1) is 15.6. The number of rotatable bonds is 20. The first kappa shape index (κ1) is 31.1. The Morgan fingerprint density at radius 1 is 0.879 bits per heavy atom. The van der Waals surface area contributed by atoms with Crippen LogP contribution in [0.15, 0.2) is 0 Å². The second-order valence-electron chi connectivity index (χ2n) is 8.49. The van der Waals surface area contributed by atoms with Gasteiger partial charge in [0.15, 0.2) is 0 Å². The van der Waals surface area contributed by atoms with Gasteiger partial charge in [-0.05, 0) is 26.7 Å². The van der Waals surface area contributed by atoms with Crippen LogP contribution >= 0.6 is 15.6 Å². The van der Waals surface area contributed by atoms with Crippen molar-refractivity contribution in [3.8, 4) is 0 Å². The maximum atomic E-state index is 12.2. The molecule has 4 N–H and O–H groups in total. The van der Waals surface area contributed by atoms with Crippen molar-refractivity contribution < 1.29 is 52.0 Å². The smallest absolute Gasteiger partial charge is 0.396 e. The zero-order valence-corrected chi connectivity index (χ0v) is 21.5. The van der Waals surface area contributed by atoms with Gasteiger partial charge in [-0.15, -0.1) is 0 Å². The summed E-state index contributed by atoms with van der Waals surface area (Å²) in [7, 11) is -8.79. The number of phosphoric acid groups is 2. The van der Waals surface area contributed by atoms with Crippen LogP contribution in [0.3, 0.4) is 0 Å². The Kier molecular flexibility index (Phi) is 15.8. The molecule has 11 nitrogen and oxygen atoms in total. The lowest BCUT2D eigenvalue weighted by atomic mass is 10.1.